The third-order valence-corrected chi connectivity index (χ3v) is 6.00. The molecule has 0 heterocycles. The molecule has 0 spiro atoms. The number of rotatable bonds is 5. The molecule has 1 atom stereocenters. The molecular weight excluding hydrogens is 291 g/mol. The Bertz CT molecular complexity index is 675. The number of benzene rings is 1. The van der Waals surface area contributed by atoms with Gasteiger partial charge in [-0.2, -0.15) is 0 Å². The second kappa shape index (κ2) is 5.83. The van der Waals surface area contributed by atoms with Gasteiger partial charge in [0.25, 0.3) is 0 Å². The number of sulfone groups is 2. The fourth-order valence-corrected chi connectivity index (χ4v) is 3.32. The second-order valence-electron chi connectivity index (χ2n) is 3.99. The van der Waals surface area contributed by atoms with Crippen molar-refractivity contribution in [2.75, 3.05) is 5.75 Å². The van der Waals surface area contributed by atoms with Crippen molar-refractivity contribution in [1.29, 1.82) is 0 Å². The third kappa shape index (κ3) is 4.14. The molecule has 106 valence electrons. The third-order valence-electron chi connectivity index (χ3n) is 2.57. The van der Waals surface area contributed by atoms with Gasteiger partial charge in [0.05, 0.1) is 15.9 Å². The van der Waals surface area contributed by atoms with Gasteiger partial charge in [-0.15, -0.1) is 0 Å². The quantitative estimate of drug-likeness (QED) is 0.833. The van der Waals surface area contributed by atoms with Crippen LogP contribution in [0.3, 0.4) is 0 Å². The molecule has 0 aromatic heterocycles. The Balaban J connectivity index is 3.08. The minimum absolute atomic E-state index is 0.101. The predicted octanol–water partition coefficient (Wildman–Crippen LogP) is 1.94. The highest BCUT2D eigenvalue weighted by Gasteiger charge is 2.22. The van der Waals surface area contributed by atoms with Gasteiger partial charge in [0.15, 0.2) is 19.7 Å². The van der Waals surface area contributed by atoms with E-state index in [1.807, 2.05) is 0 Å². The molecule has 1 aromatic rings. The summed E-state index contributed by atoms with van der Waals surface area (Å²) in [6, 6.07) is 4.62. The topological polar surface area (TPSA) is 68.3 Å². The van der Waals surface area contributed by atoms with Crippen molar-refractivity contribution < 1.29 is 21.2 Å². The van der Waals surface area contributed by atoms with Crippen LogP contribution in [0, 0.1) is 5.82 Å². The van der Waals surface area contributed by atoms with E-state index in [1.165, 1.54) is 26.0 Å². The van der Waals surface area contributed by atoms with Gasteiger partial charge in [-0.05, 0) is 25.1 Å². The first-order valence-corrected chi connectivity index (χ1v) is 8.85. The van der Waals surface area contributed by atoms with Gasteiger partial charge in [-0.3, -0.25) is 0 Å². The summed E-state index contributed by atoms with van der Waals surface area (Å²) in [5.41, 5.74) is 0. The fourth-order valence-electron chi connectivity index (χ4n) is 1.29. The largest absolute Gasteiger partial charge is 0.224 e. The zero-order valence-electron chi connectivity index (χ0n) is 10.6. The van der Waals surface area contributed by atoms with Crippen LogP contribution in [0.1, 0.15) is 13.8 Å². The Labute approximate surface area is 112 Å². The van der Waals surface area contributed by atoms with Crippen LogP contribution in [0.5, 0.6) is 0 Å². The molecule has 0 saturated carbocycles. The SMILES string of the molecule is CCS(=O)(=O)C=CC(C)S(=O)(=O)c1cccc(F)c1. The summed E-state index contributed by atoms with van der Waals surface area (Å²) in [5.74, 6) is -0.755. The average molecular weight is 306 g/mol. The van der Waals surface area contributed by atoms with Crippen LogP contribution in [0.25, 0.3) is 0 Å². The van der Waals surface area contributed by atoms with Crippen LogP contribution < -0.4 is 0 Å². The first-order valence-electron chi connectivity index (χ1n) is 5.59. The molecule has 0 N–H and O–H groups in total. The summed E-state index contributed by atoms with van der Waals surface area (Å²) in [4.78, 5) is -0.168. The maximum Gasteiger partial charge on any atom is 0.184 e. The molecule has 1 aromatic carbocycles. The van der Waals surface area contributed by atoms with E-state index in [1.54, 1.807) is 0 Å². The van der Waals surface area contributed by atoms with Gasteiger partial charge >= 0.3 is 0 Å². The van der Waals surface area contributed by atoms with Crippen LogP contribution in [-0.4, -0.2) is 27.8 Å². The predicted molar refractivity (Wildman–Crippen MR) is 71.6 cm³/mol. The first kappa shape index (κ1) is 15.8. The monoisotopic (exact) mass is 306 g/mol. The lowest BCUT2D eigenvalue weighted by atomic mass is 10.3. The van der Waals surface area contributed by atoms with Crippen molar-refractivity contribution >= 4 is 19.7 Å². The molecule has 19 heavy (non-hydrogen) atoms. The van der Waals surface area contributed by atoms with Gasteiger partial charge < -0.3 is 0 Å². The van der Waals surface area contributed by atoms with E-state index in [0.29, 0.717) is 0 Å². The maximum absolute atomic E-state index is 13.0. The van der Waals surface area contributed by atoms with Crippen molar-refractivity contribution in [1.82, 2.24) is 0 Å². The van der Waals surface area contributed by atoms with Gasteiger partial charge in [-0.1, -0.05) is 19.1 Å². The number of halogens is 1. The summed E-state index contributed by atoms with van der Waals surface area (Å²) in [7, 11) is -7.17. The summed E-state index contributed by atoms with van der Waals surface area (Å²) >= 11 is 0. The Morgan fingerprint density at radius 3 is 2.42 bits per heavy atom. The molecule has 0 amide bonds. The van der Waals surface area contributed by atoms with Crippen molar-refractivity contribution in [3.63, 3.8) is 0 Å². The normalized spacial score (nSPS) is 14.7. The summed E-state index contributed by atoms with van der Waals surface area (Å²) in [6.45, 7) is 2.81. The smallest absolute Gasteiger partial charge is 0.184 e. The molecular formula is C12H15FO4S2. The zero-order chi connectivity index (χ0) is 14.7. The molecule has 4 nitrogen and oxygen atoms in total. The van der Waals surface area contributed by atoms with Crippen molar-refractivity contribution in [3.8, 4) is 0 Å². The van der Waals surface area contributed by atoms with E-state index in [2.05, 4.69) is 0 Å². The highest BCUT2D eigenvalue weighted by molar-refractivity contribution is 7.94. The van der Waals surface area contributed by atoms with Crippen molar-refractivity contribution in [2.24, 2.45) is 0 Å². The Kier molecular flexibility index (Phi) is 4.86. The summed E-state index contributed by atoms with van der Waals surface area (Å²) in [5, 5.41) is -0.162. The standard InChI is InChI=1S/C12H15FO4S2/c1-3-18(14,15)8-7-10(2)19(16,17)12-6-4-5-11(13)9-12/h4-10H,3H2,1-2H3. The summed E-state index contributed by atoms with van der Waals surface area (Å²) < 4.78 is 59.7. The van der Waals surface area contributed by atoms with E-state index < -0.39 is 30.7 Å². The lowest BCUT2D eigenvalue weighted by Crippen LogP contribution is -2.16. The van der Waals surface area contributed by atoms with Gasteiger partial charge in [-0.25, -0.2) is 21.2 Å². The lowest BCUT2D eigenvalue weighted by molar-refractivity contribution is 0.586. The molecule has 0 aliphatic rings. The molecule has 1 unspecified atom stereocenters. The van der Waals surface area contributed by atoms with Gasteiger partial charge in [0.1, 0.15) is 5.82 Å². The molecule has 1 rings (SSSR count). The molecule has 0 aliphatic heterocycles. The molecule has 0 fully saturated rings. The first-order chi connectivity index (χ1) is 8.69. The van der Waals surface area contributed by atoms with Gasteiger partial charge in [0, 0.05) is 5.41 Å². The van der Waals surface area contributed by atoms with Crippen molar-refractivity contribution in [3.05, 3.63) is 41.6 Å². The lowest BCUT2D eigenvalue weighted by Gasteiger charge is -2.08. The Hall–Kier alpha value is -1.21. The molecule has 0 bridgehead atoms. The Morgan fingerprint density at radius 1 is 1.26 bits per heavy atom. The van der Waals surface area contributed by atoms with Crippen LogP contribution in [0.4, 0.5) is 4.39 Å². The number of hydrogen-bond donors (Lipinski definition) is 0. The molecule has 7 heteroatoms. The highest BCUT2D eigenvalue weighted by atomic mass is 32.2. The molecule has 0 saturated heterocycles. The van der Waals surface area contributed by atoms with E-state index in [-0.39, 0.29) is 10.6 Å². The maximum atomic E-state index is 13.0. The van der Waals surface area contributed by atoms with Crippen LogP contribution >= 0.6 is 0 Å². The second-order valence-corrected chi connectivity index (χ2v) is 8.47. The molecule has 0 aliphatic carbocycles. The Morgan fingerprint density at radius 2 is 1.89 bits per heavy atom. The average Bonchev–Trinajstić information content (AvgIpc) is 2.36. The van der Waals surface area contributed by atoms with E-state index in [4.69, 9.17) is 0 Å². The minimum atomic E-state index is -3.78. The highest BCUT2D eigenvalue weighted by Crippen LogP contribution is 2.18. The van der Waals surface area contributed by atoms with E-state index in [0.717, 1.165) is 23.6 Å². The van der Waals surface area contributed by atoms with Crippen molar-refractivity contribution in [2.45, 2.75) is 24.0 Å². The van der Waals surface area contributed by atoms with Crippen LogP contribution in [0.2, 0.25) is 0 Å². The van der Waals surface area contributed by atoms with Crippen LogP contribution in [0.15, 0.2) is 40.6 Å². The summed E-state index contributed by atoms with van der Waals surface area (Å²) in [6.07, 6.45) is 1.10. The van der Waals surface area contributed by atoms with E-state index >= 15 is 0 Å². The fraction of sp³-hybridized carbons (Fsp3) is 0.333. The van der Waals surface area contributed by atoms with E-state index in [9.17, 15) is 21.2 Å². The molecule has 0 radical (unpaired) electrons. The minimum Gasteiger partial charge on any atom is -0.224 e. The van der Waals surface area contributed by atoms with Gasteiger partial charge in [0.2, 0.25) is 0 Å². The zero-order valence-corrected chi connectivity index (χ0v) is 12.2. The number of hydrogen-bond acceptors (Lipinski definition) is 4. The van der Waals surface area contributed by atoms with Crippen LogP contribution in [-0.2, 0) is 19.7 Å².